The van der Waals surface area contributed by atoms with Gasteiger partial charge in [-0.05, 0) is 24.1 Å². The number of hydrogen-bond acceptors (Lipinski definition) is 0. The van der Waals surface area contributed by atoms with Gasteiger partial charge in [-0.3, -0.25) is 0 Å². The molecule has 0 spiro atoms. The van der Waals surface area contributed by atoms with E-state index < -0.39 is 0 Å². The zero-order chi connectivity index (χ0) is 10.7. The Hall–Kier alpha value is -0.820. The van der Waals surface area contributed by atoms with E-state index in [0.29, 0.717) is 10.6 Å². The normalized spacial score (nSPS) is 13.0. The van der Waals surface area contributed by atoms with Crippen LogP contribution in [0.25, 0.3) is 5.57 Å². The summed E-state index contributed by atoms with van der Waals surface area (Å²) in [7, 11) is 0. The van der Waals surface area contributed by atoms with Crippen LogP contribution in [0.5, 0.6) is 0 Å². The lowest BCUT2D eigenvalue weighted by atomic mass is 10.0. The Kier molecular flexibility index (Phi) is 3.70. The highest BCUT2D eigenvalue weighted by Gasteiger charge is 2.10. The van der Waals surface area contributed by atoms with E-state index in [1.807, 2.05) is 32.0 Å². The monoisotopic (exact) mass is 212 g/mol. The predicted octanol–water partition coefficient (Wildman–Crippen LogP) is 4.70. The highest BCUT2D eigenvalue weighted by atomic mass is 35.5. The van der Waals surface area contributed by atoms with E-state index in [2.05, 4.69) is 0 Å². The topological polar surface area (TPSA) is 0 Å². The fourth-order valence-electron chi connectivity index (χ4n) is 1.33. The first-order valence-electron chi connectivity index (χ1n) is 4.65. The molecule has 0 saturated carbocycles. The molecular weight excluding hydrogens is 199 g/mol. The Morgan fingerprint density at radius 1 is 1.29 bits per heavy atom. The van der Waals surface area contributed by atoms with E-state index in [1.54, 1.807) is 13.0 Å². The minimum atomic E-state index is -0.0990. The molecule has 0 fully saturated rings. The summed E-state index contributed by atoms with van der Waals surface area (Å²) in [6, 6.07) is 7.30. The van der Waals surface area contributed by atoms with E-state index in [0.717, 1.165) is 5.56 Å². The lowest BCUT2D eigenvalue weighted by Crippen LogP contribution is -1.92. The molecule has 1 aromatic carbocycles. The van der Waals surface area contributed by atoms with E-state index in [1.165, 1.54) is 0 Å². The third-order valence-corrected chi connectivity index (χ3v) is 2.47. The van der Waals surface area contributed by atoms with Gasteiger partial charge in [0.05, 0.1) is 0 Å². The standard InChI is InChI=1S/C12H14ClF/c1-8(2)12(14)9(3)10-6-4-5-7-11(10)13/h4-8H,1-3H3/b12-9+. The van der Waals surface area contributed by atoms with E-state index >= 15 is 0 Å². The second-order valence-electron chi connectivity index (χ2n) is 3.61. The number of halogens is 2. The van der Waals surface area contributed by atoms with Gasteiger partial charge in [-0.15, -0.1) is 0 Å². The largest absolute Gasteiger partial charge is 0.211 e. The van der Waals surface area contributed by atoms with Crippen LogP contribution in [0.1, 0.15) is 26.3 Å². The van der Waals surface area contributed by atoms with Gasteiger partial charge in [0.2, 0.25) is 0 Å². The maximum absolute atomic E-state index is 13.6. The van der Waals surface area contributed by atoms with Crippen molar-refractivity contribution < 1.29 is 4.39 Å². The molecule has 76 valence electrons. The van der Waals surface area contributed by atoms with Gasteiger partial charge in [0, 0.05) is 10.9 Å². The van der Waals surface area contributed by atoms with Crippen LogP contribution in [0.2, 0.25) is 5.02 Å². The van der Waals surface area contributed by atoms with Crippen molar-refractivity contribution in [3.05, 3.63) is 40.7 Å². The Morgan fingerprint density at radius 2 is 1.86 bits per heavy atom. The van der Waals surface area contributed by atoms with Crippen molar-refractivity contribution in [2.75, 3.05) is 0 Å². The average molecular weight is 213 g/mol. The average Bonchev–Trinajstić information content (AvgIpc) is 2.16. The molecule has 0 atom stereocenters. The van der Waals surface area contributed by atoms with Gasteiger partial charge in [0.25, 0.3) is 0 Å². The molecule has 0 aliphatic heterocycles. The Balaban J connectivity index is 3.18. The second kappa shape index (κ2) is 4.61. The Morgan fingerprint density at radius 3 is 2.36 bits per heavy atom. The van der Waals surface area contributed by atoms with Gasteiger partial charge in [-0.2, -0.15) is 0 Å². The van der Waals surface area contributed by atoms with Crippen LogP contribution in [0.15, 0.2) is 30.1 Å². The van der Waals surface area contributed by atoms with Crippen molar-refractivity contribution in [1.82, 2.24) is 0 Å². The number of rotatable bonds is 2. The highest BCUT2D eigenvalue weighted by Crippen LogP contribution is 2.29. The molecule has 1 aromatic rings. The molecule has 2 heteroatoms. The SMILES string of the molecule is C/C(=C(\F)C(C)C)c1ccccc1Cl. The van der Waals surface area contributed by atoms with E-state index in [9.17, 15) is 4.39 Å². The van der Waals surface area contributed by atoms with Gasteiger partial charge in [0.15, 0.2) is 0 Å². The summed E-state index contributed by atoms with van der Waals surface area (Å²) in [5.74, 6) is -0.190. The van der Waals surface area contributed by atoms with Gasteiger partial charge in [-0.1, -0.05) is 43.6 Å². The fraction of sp³-hybridized carbons (Fsp3) is 0.333. The summed E-state index contributed by atoms with van der Waals surface area (Å²) in [6.45, 7) is 5.42. The number of benzene rings is 1. The van der Waals surface area contributed by atoms with Crippen LogP contribution >= 0.6 is 11.6 Å². The maximum atomic E-state index is 13.6. The molecule has 0 radical (unpaired) electrons. The zero-order valence-corrected chi connectivity index (χ0v) is 9.40. The molecule has 0 nitrogen and oxygen atoms in total. The molecule has 0 saturated heterocycles. The summed E-state index contributed by atoms with van der Waals surface area (Å²) in [6.07, 6.45) is 0. The Bertz CT molecular complexity index is 353. The third kappa shape index (κ3) is 2.36. The maximum Gasteiger partial charge on any atom is 0.106 e. The first-order chi connectivity index (χ1) is 6.54. The summed E-state index contributed by atoms with van der Waals surface area (Å²) >= 11 is 5.97. The number of hydrogen-bond donors (Lipinski definition) is 0. The van der Waals surface area contributed by atoms with Crippen molar-refractivity contribution in [1.29, 1.82) is 0 Å². The van der Waals surface area contributed by atoms with Crippen molar-refractivity contribution in [2.45, 2.75) is 20.8 Å². The second-order valence-corrected chi connectivity index (χ2v) is 4.01. The van der Waals surface area contributed by atoms with Crippen LogP contribution in [-0.2, 0) is 0 Å². The lowest BCUT2D eigenvalue weighted by Gasteiger charge is -2.09. The molecule has 1 rings (SSSR count). The first-order valence-corrected chi connectivity index (χ1v) is 5.03. The smallest absolute Gasteiger partial charge is 0.106 e. The highest BCUT2D eigenvalue weighted by molar-refractivity contribution is 6.32. The van der Waals surface area contributed by atoms with Gasteiger partial charge >= 0.3 is 0 Å². The van der Waals surface area contributed by atoms with Crippen molar-refractivity contribution in [3.8, 4) is 0 Å². The van der Waals surface area contributed by atoms with Crippen molar-refractivity contribution in [2.24, 2.45) is 5.92 Å². The molecule has 0 aromatic heterocycles. The molecule has 0 N–H and O–H groups in total. The third-order valence-electron chi connectivity index (χ3n) is 2.14. The molecule has 0 unspecified atom stereocenters. The predicted molar refractivity (Wildman–Crippen MR) is 60.0 cm³/mol. The van der Waals surface area contributed by atoms with Crippen molar-refractivity contribution >= 4 is 17.2 Å². The van der Waals surface area contributed by atoms with Gasteiger partial charge in [0.1, 0.15) is 5.83 Å². The summed E-state index contributed by atoms with van der Waals surface area (Å²) in [5.41, 5.74) is 1.41. The summed E-state index contributed by atoms with van der Waals surface area (Å²) in [5, 5.41) is 0.598. The summed E-state index contributed by atoms with van der Waals surface area (Å²) in [4.78, 5) is 0. The van der Waals surface area contributed by atoms with Crippen LogP contribution in [0.4, 0.5) is 4.39 Å². The van der Waals surface area contributed by atoms with E-state index in [-0.39, 0.29) is 11.7 Å². The first kappa shape index (κ1) is 11.3. The van der Waals surface area contributed by atoms with Gasteiger partial charge < -0.3 is 0 Å². The van der Waals surface area contributed by atoms with Crippen LogP contribution in [0.3, 0.4) is 0 Å². The van der Waals surface area contributed by atoms with Crippen LogP contribution in [0, 0.1) is 5.92 Å². The van der Waals surface area contributed by atoms with Crippen LogP contribution in [-0.4, -0.2) is 0 Å². The molecule has 0 amide bonds. The lowest BCUT2D eigenvalue weighted by molar-refractivity contribution is 0.523. The van der Waals surface area contributed by atoms with Gasteiger partial charge in [-0.25, -0.2) is 4.39 Å². The Labute approximate surface area is 89.4 Å². The molecule has 14 heavy (non-hydrogen) atoms. The van der Waals surface area contributed by atoms with Crippen molar-refractivity contribution in [3.63, 3.8) is 0 Å². The summed E-state index contributed by atoms with van der Waals surface area (Å²) < 4.78 is 13.6. The molecular formula is C12H14ClF. The minimum Gasteiger partial charge on any atom is -0.211 e. The minimum absolute atomic E-state index is 0.0914. The van der Waals surface area contributed by atoms with E-state index in [4.69, 9.17) is 11.6 Å². The fourth-order valence-corrected chi connectivity index (χ4v) is 1.60. The molecule has 0 aliphatic rings. The zero-order valence-electron chi connectivity index (χ0n) is 8.64. The quantitative estimate of drug-likeness (QED) is 0.667. The molecule has 0 heterocycles. The number of allylic oxidation sites excluding steroid dienone is 2. The van der Waals surface area contributed by atoms with Crippen LogP contribution < -0.4 is 0 Å². The molecule has 0 bridgehead atoms. The molecule has 0 aliphatic carbocycles.